The Labute approximate surface area is 171 Å². The van der Waals surface area contributed by atoms with E-state index in [9.17, 15) is 0 Å². The molecule has 1 atom stereocenters. The average Bonchev–Trinajstić information content (AvgIpc) is 3.02. The molecule has 0 unspecified atom stereocenters. The Bertz CT molecular complexity index is 822. The molecule has 0 spiro atoms. The minimum absolute atomic E-state index is 0.234. The van der Waals surface area contributed by atoms with Crippen LogP contribution >= 0.6 is 24.2 Å². The molecular weight excluding hydrogens is 380 g/mol. The summed E-state index contributed by atoms with van der Waals surface area (Å²) in [7, 11) is 0. The van der Waals surface area contributed by atoms with Gasteiger partial charge < -0.3 is 10.6 Å². The maximum Gasteiger partial charge on any atom is 0.172 e. The first-order valence-electron chi connectivity index (χ1n) is 9.03. The lowest BCUT2D eigenvalue weighted by molar-refractivity contribution is 0.543. The number of benzene rings is 1. The molecule has 146 valence electrons. The topological polar surface area (TPSA) is 84.3 Å². The van der Waals surface area contributed by atoms with E-state index in [0.29, 0.717) is 34.1 Å². The van der Waals surface area contributed by atoms with Crippen LogP contribution in [-0.2, 0) is 12.0 Å². The summed E-state index contributed by atoms with van der Waals surface area (Å²) in [5.41, 5.74) is 7.63. The molecule has 6 nitrogen and oxygen atoms in total. The molecule has 2 aromatic rings. The van der Waals surface area contributed by atoms with E-state index >= 15 is 0 Å². The summed E-state index contributed by atoms with van der Waals surface area (Å²) < 4.78 is 0. The molecule has 8 heteroatoms. The number of hydrogen-bond donors (Lipinski definition) is 3. The van der Waals surface area contributed by atoms with E-state index in [1.54, 1.807) is 5.01 Å². The van der Waals surface area contributed by atoms with Gasteiger partial charge in [0.2, 0.25) is 0 Å². The monoisotopic (exact) mass is 406 g/mol. The van der Waals surface area contributed by atoms with Crippen LogP contribution in [0.25, 0.3) is 0 Å². The Morgan fingerprint density at radius 3 is 2.59 bits per heavy atom. The summed E-state index contributed by atoms with van der Waals surface area (Å²) in [6.07, 6.45) is 0.999. The highest BCUT2D eigenvalue weighted by Crippen LogP contribution is 2.35. The van der Waals surface area contributed by atoms with Crippen molar-refractivity contribution < 1.29 is 0 Å². The minimum Gasteiger partial charge on any atom is -0.393 e. The van der Waals surface area contributed by atoms with Gasteiger partial charge in [0.1, 0.15) is 11.5 Å². The van der Waals surface area contributed by atoms with E-state index in [1.807, 2.05) is 24.3 Å². The van der Waals surface area contributed by atoms with Gasteiger partial charge in [-0.05, 0) is 18.1 Å². The first-order valence-corrected chi connectivity index (χ1v) is 9.93. The molecule has 0 aliphatic carbocycles. The Balaban J connectivity index is 2.01. The summed E-state index contributed by atoms with van der Waals surface area (Å²) in [6, 6.07) is 7.61. The summed E-state index contributed by atoms with van der Waals surface area (Å²) in [5, 5.41) is 2.53. The summed E-state index contributed by atoms with van der Waals surface area (Å²) in [4.78, 5) is 11.6. The standard InChI is InChI=1S/C19H27ClN6S/c1-19(2,3)18-23-16(25-9-8-13(27)11-25)15(21)17(24-18)26(22)10-12-6-4-5-7-14(12)20/h4-7,13,27H,8-11,21-22H2,1-3H3/t13-/m1/s1. The minimum atomic E-state index is -0.234. The fourth-order valence-corrected chi connectivity index (χ4v) is 3.57. The molecule has 1 aromatic carbocycles. The van der Waals surface area contributed by atoms with Crippen LogP contribution in [0.1, 0.15) is 38.6 Å². The zero-order chi connectivity index (χ0) is 19.8. The molecule has 1 fully saturated rings. The molecule has 4 N–H and O–H groups in total. The maximum absolute atomic E-state index is 6.47. The van der Waals surface area contributed by atoms with Gasteiger partial charge in [-0.15, -0.1) is 0 Å². The van der Waals surface area contributed by atoms with Crippen molar-refractivity contribution in [2.75, 3.05) is 28.7 Å². The van der Waals surface area contributed by atoms with Gasteiger partial charge in [-0.3, -0.25) is 5.01 Å². The predicted octanol–water partition coefficient (Wildman–Crippen LogP) is 3.40. The highest BCUT2D eigenvalue weighted by Gasteiger charge is 2.28. The lowest BCUT2D eigenvalue weighted by Gasteiger charge is -2.28. The fraction of sp³-hybridized carbons (Fsp3) is 0.474. The number of rotatable bonds is 4. The number of aromatic nitrogens is 2. The maximum atomic E-state index is 6.47. The molecule has 0 saturated carbocycles. The van der Waals surface area contributed by atoms with Crippen molar-refractivity contribution >= 4 is 41.6 Å². The van der Waals surface area contributed by atoms with Gasteiger partial charge in [0.15, 0.2) is 11.6 Å². The van der Waals surface area contributed by atoms with Crippen LogP contribution in [0.5, 0.6) is 0 Å². The second-order valence-electron chi connectivity index (χ2n) is 7.97. The number of hydrogen-bond acceptors (Lipinski definition) is 7. The van der Waals surface area contributed by atoms with Crippen molar-refractivity contribution in [3.05, 3.63) is 40.7 Å². The summed E-state index contributed by atoms with van der Waals surface area (Å²) in [5.74, 6) is 8.34. The Morgan fingerprint density at radius 1 is 1.30 bits per heavy atom. The number of nitrogen functional groups attached to an aromatic ring is 1. The third-order valence-corrected chi connectivity index (χ3v) is 5.40. The van der Waals surface area contributed by atoms with E-state index in [2.05, 4.69) is 38.3 Å². The van der Waals surface area contributed by atoms with Crippen LogP contribution in [0.2, 0.25) is 5.02 Å². The summed E-state index contributed by atoms with van der Waals surface area (Å²) in [6.45, 7) is 8.31. The third kappa shape index (κ3) is 4.42. The van der Waals surface area contributed by atoms with Crippen molar-refractivity contribution in [2.45, 2.75) is 44.4 Å². The van der Waals surface area contributed by atoms with E-state index in [-0.39, 0.29) is 5.41 Å². The normalized spacial score (nSPS) is 17.4. The molecule has 0 radical (unpaired) electrons. The number of nitrogens with zero attached hydrogens (tertiary/aromatic N) is 4. The average molecular weight is 407 g/mol. The largest absolute Gasteiger partial charge is 0.393 e. The Morgan fingerprint density at radius 2 is 2.00 bits per heavy atom. The Kier molecular flexibility index (Phi) is 5.74. The zero-order valence-corrected chi connectivity index (χ0v) is 17.6. The van der Waals surface area contributed by atoms with Crippen molar-refractivity contribution in [3.8, 4) is 0 Å². The molecule has 0 bridgehead atoms. The smallest absolute Gasteiger partial charge is 0.172 e. The number of nitrogens with two attached hydrogens (primary N) is 2. The number of anilines is 3. The Hall–Kier alpha value is -1.70. The molecule has 2 heterocycles. The van der Waals surface area contributed by atoms with Crippen LogP contribution in [0, 0.1) is 0 Å². The van der Waals surface area contributed by atoms with Crippen LogP contribution in [0.3, 0.4) is 0 Å². The molecule has 3 rings (SSSR count). The quantitative estimate of drug-likeness (QED) is 0.410. The third-order valence-electron chi connectivity index (χ3n) is 4.61. The van der Waals surface area contributed by atoms with Gasteiger partial charge in [-0.2, -0.15) is 12.6 Å². The van der Waals surface area contributed by atoms with Crippen LogP contribution in [0.15, 0.2) is 24.3 Å². The highest BCUT2D eigenvalue weighted by atomic mass is 35.5. The number of hydrazine groups is 1. The second kappa shape index (κ2) is 7.73. The van der Waals surface area contributed by atoms with Gasteiger partial charge in [0.05, 0.1) is 6.54 Å². The van der Waals surface area contributed by atoms with Gasteiger partial charge >= 0.3 is 0 Å². The van der Waals surface area contributed by atoms with Gasteiger partial charge in [0.25, 0.3) is 0 Å². The zero-order valence-electron chi connectivity index (χ0n) is 16.0. The predicted molar refractivity (Wildman–Crippen MR) is 117 cm³/mol. The lowest BCUT2D eigenvalue weighted by atomic mass is 9.95. The number of halogens is 1. The highest BCUT2D eigenvalue weighted by molar-refractivity contribution is 7.81. The molecular formula is C19H27ClN6S. The van der Waals surface area contributed by atoms with E-state index in [4.69, 9.17) is 33.1 Å². The lowest BCUT2D eigenvalue weighted by Crippen LogP contribution is -2.34. The van der Waals surface area contributed by atoms with Gasteiger partial charge in [-0.1, -0.05) is 50.6 Å². The number of thiol groups is 1. The fourth-order valence-electron chi connectivity index (χ4n) is 3.06. The first-order chi connectivity index (χ1) is 12.7. The van der Waals surface area contributed by atoms with Crippen molar-refractivity contribution in [1.29, 1.82) is 0 Å². The SMILES string of the molecule is CC(C)(C)c1nc(N(N)Cc2ccccc2Cl)c(N)c(N2CC[C@@H](S)C2)n1. The molecule has 27 heavy (non-hydrogen) atoms. The molecule has 1 aliphatic heterocycles. The molecule has 1 saturated heterocycles. The molecule has 0 amide bonds. The van der Waals surface area contributed by atoms with Crippen LogP contribution < -0.4 is 21.5 Å². The van der Waals surface area contributed by atoms with E-state index < -0.39 is 0 Å². The van der Waals surface area contributed by atoms with Crippen molar-refractivity contribution in [2.24, 2.45) is 5.84 Å². The molecule has 1 aromatic heterocycles. The molecule has 1 aliphatic rings. The van der Waals surface area contributed by atoms with Crippen molar-refractivity contribution in [3.63, 3.8) is 0 Å². The van der Waals surface area contributed by atoms with E-state index in [0.717, 1.165) is 30.9 Å². The van der Waals surface area contributed by atoms with Crippen LogP contribution in [-0.4, -0.2) is 28.3 Å². The van der Waals surface area contributed by atoms with Gasteiger partial charge in [0, 0.05) is 28.8 Å². The van der Waals surface area contributed by atoms with Crippen LogP contribution in [0.4, 0.5) is 17.3 Å². The summed E-state index contributed by atoms with van der Waals surface area (Å²) >= 11 is 10.9. The van der Waals surface area contributed by atoms with E-state index in [1.165, 1.54) is 0 Å². The first kappa shape index (κ1) is 20.0. The van der Waals surface area contributed by atoms with Crippen molar-refractivity contribution in [1.82, 2.24) is 9.97 Å². The second-order valence-corrected chi connectivity index (χ2v) is 9.10. The van der Waals surface area contributed by atoms with Gasteiger partial charge in [-0.25, -0.2) is 15.8 Å².